The van der Waals surface area contributed by atoms with Gasteiger partial charge in [0.25, 0.3) is 0 Å². The van der Waals surface area contributed by atoms with Crippen LogP contribution < -0.4 is 10.6 Å². The van der Waals surface area contributed by atoms with Crippen molar-refractivity contribution in [3.05, 3.63) is 0 Å². The first kappa shape index (κ1) is 8.22. The van der Waals surface area contributed by atoms with Gasteiger partial charge in [-0.05, 0) is 19.8 Å². The largest absolute Gasteiger partial charge is 0.334 e. The minimum absolute atomic E-state index is 0.166. The molecule has 1 saturated carbocycles. The quantitative estimate of drug-likeness (QED) is 0.540. The zero-order chi connectivity index (χ0) is 9.64. The van der Waals surface area contributed by atoms with Gasteiger partial charge in [0.1, 0.15) is 11.2 Å². The zero-order valence-corrected chi connectivity index (χ0v) is 7.22. The fourth-order valence-corrected chi connectivity index (χ4v) is 2.03. The molecule has 0 spiro atoms. The van der Waals surface area contributed by atoms with Gasteiger partial charge in [-0.3, -0.25) is 14.9 Å². The summed E-state index contributed by atoms with van der Waals surface area (Å²) in [5, 5.41) is 4.70. The molecule has 2 N–H and O–H groups in total. The third-order valence-corrected chi connectivity index (χ3v) is 2.99. The number of hydrogen-bond donors (Lipinski definition) is 2. The molecule has 0 unspecified atom stereocenters. The molecule has 5 nitrogen and oxygen atoms in total. The monoisotopic (exact) mass is 182 g/mol. The van der Waals surface area contributed by atoms with Crippen molar-refractivity contribution in [2.75, 3.05) is 0 Å². The fraction of sp³-hybridized carbons (Fsp3) is 0.625. The van der Waals surface area contributed by atoms with Gasteiger partial charge in [0.15, 0.2) is 0 Å². The zero-order valence-electron chi connectivity index (χ0n) is 7.22. The van der Waals surface area contributed by atoms with Crippen LogP contribution in [0.5, 0.6) is 0 Å². The van der Waals surface area contributed by atoms with Gasteiger partial charge in [0.05, 0.1) is 6.04 Å². The maximum Gasteiger partial charge on any atom is 0.321 e. The highest BCUT2D eigenvalue weighted by molar-refractivity contribution is 6.13. The molecule has 2 atom stereocenters. The molecule has 5 heteroatoms. The van der Waals surface area contributed by atoms with Crippen molar-refractivity contribution in [1.29, 1.82) is 0 Å². The van der Waals surface area contributed by atoms with Crippen LogP contribution in [0.2, 0.25) is 0 Å². The van der Waals surface area contributed by atoms with Crippen molar-refractivity contribution in [3.63, 3.8) is 0 Å². The third-order valence-electron chi connectivity index (χ3n) is 2.99. The standard InChI is InChI=1S/C8H10N2O3/c1-4(11)8-3-2-5(8)9-7(13)10-6(8)12/h5H,2-3H2,1H3,(H2,9,10,12,13)/t5-,8+/m1/s1. The number of fused-ring (bicyclic) bond motifs is 1. The van der Waals surface area contributed by atoms with E-state index in [0.29, 0.717) is 12.8 Å². The first-order chi connectivity index (χ1) is 6.07. The normalized spacial score (nSPS) is 36.8. The molecule has 1 saturated heterocycles. The van der Waals surface area contributed by atoms with Gasteiger partial charge in [-0.25, -0.2) is 4.79 Å². The molecule has 0 aromatic heterocycles. The van der Waals surface area contributed by atoms with Gasteiger partial charge in [-0.15, -0.1) is 0 Å². The Morgan fingerprint density at radius 1 is 1.54 bits per heavy atom. The van der Waals surface area contributed by atoms with Crippen LogP contribution in [-0.4, -0.2) is 23.8 Å². The summed E-state index contributed by atoms with van der Waals surface area (Å²) < 4.78 is 0. The van der Waals surface area contributed by atoms with Crippen molar-refractivity contribution in [2.45, 2.75) is 25.8 Å². The van der Waals surface area contributed by atoms with Crippen molar-refractivity contribution in [2.24, 2.45) is 5.41 Å². The summed E-state index contributed by atoms with van der Waals surface area (Å²) in [7, 11) is 0. The van der Waals surface area contributed by atoms with Gasteiger partial charge in [-0.1, -0.05) is 0 Å². The third kappa shape index (κ3) is 0.839. The Hall–Kier alpha value is -1.39. The number of imide groups is 1. The number of rotatable bonds is 1. The molecule has 1 heterocycles. The van der Waals surface area contributed by atoms with E-state index in [9.17, 15) is 14.4 Å². The Labute approximate surface area is 74.9 Å². The van der Waals surface area contributed by atoms with Crippen LogP contribution in [0.1, 0.15) is 19.8 Å². The number of hydrogen-bond acceptors (Lipinski definition) is 3. The Morgan fingerprint density at radius 3 is 2.62 bits per heavy atom. The van der Waals surface area contributed by atoms with Gasteiger partial charge >= 0.3 is 6.03 Å². The number of Topliss-reactive ketones (excluding diaryl/α,β-unsaturated/α-hetero) is 1. The number of amides is 3. The van der Waals surface area contributed by atoms with E-state index in [2.05, 4.69) is 10.6 Å². The molecule has 0 aromatic carbocycles. The van der Waals surface area contributed by atoms with Gasteiger partial charge < -0.3 is 5.32 Å². The molecular weight excluding hydrogens is 172 g/mol. The maximum atomic E-state index is 11.4. The Morgan fingerprint density at radius 2 is 2.23 bits per heavy atom. The summed E-state index contributed by atoms with van der Waals surface area (Å²) in [5.41, 5.74) is -0.964. The van der Waals surface area contributed by atoms with Crippen LogP contribution >= 0.6 is 0 Å². The van der Waals surface area contributed by atoms with E-state index in [4.69, 9.17) is 0 Å². The summed E-state index contributed by atoms with van der Waals surface area (Å²) in [5.74, 6) is -0.610. The van der Waals surface area contributed by atoms with E-state index in [0.717, 1.165) is 0 Å². The molecule has 2 aliphatic rings. The Balaban J connectivity index is 2.33. The van der Waals surface area contributed by atoms with Crippen LogP contribution in [0.15, 0.2) is 0 Å². The second-order valence-electron chi connectivity index (χ2n) is 3.55. The van der Waals surface area contributed by atoms with Crippen molar-refractivity contribution in [3.8, 4) is 0 Å². The van der Waals surface area contributed by atoms with E-state index in [1.165, 1.54) is 6.92 Å². The molecule has 2 fully saturated rings. The molecular formula is C8H10N2O3. The van der Waals surface area contributed by atoms with E-state index < -0.39 is 17.4 Å². The SMILES string of the molecule is CC(=O)[C@@]12CC[C@H]1NC(=O)NC2=O. The van der Waals surface area contributed by atoms with E-state index in [1.54, 1.807) is 0 Å². The number of carbonyl (C=O) groups is 3. The van der Waals surface area contributed by atoms with E-state index in [1.807, 2.05) is 0 Å². The molecule has 2 rings (SSSR count). The smallest absolute Gasteiger partial charge is 0.321 e. The number of carbonyl (C=O) groups excluding carboxylic acids is 3. The highest BCUT2D eigenvalue weighted by atomic mass is 16.2. The summed E-state index contributed by atoms with van der Waals surface area (Å²) in [4.78, 5) is 33.6. The van der Waals surface area contributed by atoms with Gasteiger partial charge in [0, 0.05) is 0 Å². The molecule has 13 heavy (non-hydrogen) atoms. The summed E-state index contributed by atoms with van der Waals surface area (Å²) in [6, 6.07) is -0.780. The first-order valence-electron chi connectivity index (χ1n) is 4.20. The average molecular weight is 182 g/mol. The molecule has 1 aliphatic heterocycles. The topological polar surface area (TPSA) is 75.3 Å². The minimum atomic E-state index is -0.964. The Kier molecular flexibility index (Phi) is 1.46. The lowest BCUT2D eigenvalue weighted by Gasteiger charge is -2.48. The number of ketones is 1. The highest BCUT2D eigenvalue weighted by Gasteiger charge is 2.59. The average Bonchev–Trinajstić information content (AvgIpc) is 1.95. The second-order valence-corrected chi connectivity index (χ2v) is 3.55. The summed E-state index contributed by atoms with van der Waals surface area (Å²) in [6.45, 7) is 1.39. The number of urea groups is 1. The summed E-state index contributed by atoms with van der Waals surface area (Å²) >= 11 is 0. The highest BCUT2D eigenvalue weighted by Crippen LogP contribution is 2.43. The van der Waals surface area contributed by atoms with Crippen molar-refractivity contribution < 1.29 is 14.4 Å². The maximum absolute atomic E-state index is 11.4. The van der Waals surface area contributed by atoms with E-state index >= 15 is 0 Å². The van der Waals surface area contributed by atoms with Crippen LogP contribution in [0.25, 0.3) is 0 Å². The lowest BCUT2D eigenvalue weighted by atomic mass is 9.60. The second kappa shape index (κ2) is 2.31. The van der Waals surface area contributed by atoms with Crippen molar-refractivity contribution >= 4 is 17.7 Å². The molecule has 70 valence electrons. The first-order valence-corrected chi connectivity index (χ1v) is 4.20. The van der Waals surface area contributed by atoms with Crippen molar-refractivity contribution in [1.82, 2.24) is 10.6 Å². The van der Waals surface area contributed by atoms with Gasteiger partial charge in [0.2, 0.25) is 5.91 Å². The lowest BCUT2D eigenvalue weighted by Crippen LogP contribution is -2.71. The molecule has 0 radical (unpaired) electrons. The Bertz CT molecular complexity index is 313. The molecule has 3 amide bonds. The molecule has 0 aromatic rings. The van der Waals surface area contributed by atoms with E-state index in [-0.39, 0.29) is 11.8 Å². The minimum Gasteiger partial charge on any atom is -0.334 e. The molecule has 1 aliphatic carbocycles. The summed E-state index contributed by atoms with van der Waals surface area (Å²) in [6.07, 6.45) is 1.25. The van der Waals surface area contributed by atoms with Crippen LogP contribution in [0.4, 0.5) is 4.79 Å². The van der Waals surface area contributed by atoms with Crippen LogP contribution in [0, 0.1) is 5.41 Å². The lowest BCUT2D eigenvalue weighted by molar-refractivity contribution is -0.150. The molecule has 0 bridgehead atoms. The fourth-order valence-electron chi connectivity index (χ4n) is 2.03. The van der Waals surface area contributed by atoms with Crippen LogP contribution in [0.3, 0.4) is 0 Å². The predicted octanol–water partition coefficient (Wildman–Crippen LogP) is -0.436. The van der Waals surface area contributed by atoms with Gasteiger partial charge in [-0.2, -0.15) is 0 Å². The number of nitrogens with one attached hydrogen (secondary N) is 2. The predicted molar refractivity (Wildman–Crippen MR) is 42.8 cm³/mol. The van der Waals surface area contributed by atoms with Crippen LogP contribution in [-0.2, 0) is 9.59 Å².